The van der Waals surface area contributed by atoms with Gasteiger partial charge in [-0.1, -0.05) is 26.0 Å². The van der Waals surface area contributed by atoms with Crippen LogP contribution in [0.1, 0.15) is 48.5 Å². The smallest absolute Gasteiger partial charge is 0.357 e. The molecule has 150 valence electrons. The van der Waals surface area contributed by atoms with Gasteiger partial charge in [0.2, 0.25) is 0 Å². The van der Waals surface area contributed by atoms with Crippen molar-refractivity contribution in [1.82, 2.24) is 15.6 Å². The number of nitrogens with zero attached hydrogens (tertiary/aromatic N) is 2. The van der Waals surface area contributed by atoms with E-state index < -0.39 is 11.7 Å². The second-order valence-corrected chi connectivity index (χ2v) is 7.01. The van der Waals surface area contributed by atoms with Crippen molar-refractivity contribution >= 4 is 41.3 Å². The molecule has 0 aliphatic rings. The van der Waals surface area contributed by atoms with Crippen molar-refractivity contribution in [2.45, 2.75) is 46.0 Å². The molecule has 0 aliphatic carbocycles. The molecule has 0 aliphatic heterocycles. The molecule has 2 N–H and O–H groups in total. The minimum Gasteiger partial charge on any atom is -0.357 e. The lowest BCUT2D eigenvalue weighted by molar-refractivity contribution is -0.137. The molecule has 1 aromatic heterocycles. The number of nitrogens with one attached hydrogen (secondary N) is 2. The van der Waals surface area contributed by atoms with Gasteiger partial charge in [0.25, 0.3) is 0 Å². The van der Waals surface area contributed by atoms with E-state index in [1.54, 1.807) is 17.4 Å². The number of hydrogen-bond acceptors (Lipinski definition) is 3. The first-order chi connectivity index (χ1) is 12.3. The molecule has 9 heteroatoms. The van der Waals surface area contributed by atoms with E-state index >= 15 is 0 Å². The highest BCUT2D eigenvalue weighted by molar-refractivity contribution is 14.0. The summed E-state index contributed by atoms with van der Waals surface area (Å²) in [7, 11) is 0. The van der Waals surface area contributed by atoms with E-state index in [2.05, 4.69) is 34.5 Å². The third-order valence-corrected chi connectivity index (χ3v) is 4.45. The van der Waals surface area contributed by atoms with Crippen LogP contribution in [0.25, 0.3) is 0 Å². The van der Waals surface area contributed by atoms with Crippen molar-refractivity contribution in [3.05, 3.63) is 51.5 Å². The summed E-state index contributed by atoms with van der Waals surface area (Å²) in [5, 5.41) is 9.24. The Hall–Kier alpha value is -1.36. The van der Waals surface area contributed by atoms with E-state index in [1.807, 2.05) is 12.3 Å². The molecule has 0 saturated carbocycles. The molecular weight excluding hydrogens is 488 g/mol. The topological polar surface area (TPSA) is 49.3 Å². The maximum absolute atomic E-state index is 12.8. The van der Waals surface area contributed by atoms with Crippen LogP contribution in [0.4, 0.5) is 13.2 Å². The zero-order valence-electron chi connectivity index (χ0n) is 15.4. The molecule has 27 heavy (non-hydrogen) atoms. The summed E-state index contributed by atoms with van der Waals surface area (Å²) in [5.41, 5.74) is 0.901. The molecule has 4 nitrogen and oxygen atoms in total. The highest BCUT2D eigenvalue weighted by Crippen LogP contribution is 2.29. The molecule has 0 saturated heterocycles. The van der Waals surface area contributed by atoms with Crippen LogP contribution in [0.5, 0.6) is 0 Å². The van der Waals surface area contributed by atoms with E-state index in [-0.39, 0.29) is 30.5 Å². The van der Waals surface area contributed by atoms with Crippen LogP contribution in [0.3, 0.4) is 0 Å². The Morgan fingerprint density at radius 3 is 2.59 bits per heavy atom. The summed E-state index contributed by atoms with van der Waals surface area (Å²) in [6.07, 6.45) is -4.35. The molecule has 2 aromatic rings. The molecule has 0 radical (unpaired) electrons. The summed E-state index contributed by atoms with van der Waals surface area (Å²) in [4.78, 5) is 8.91. The van der Waals surface area contributed by atoms with E-state index in [9.17, 15) is 13.2 Å². The fourth-order valence-electron chi connectivity index (χ4n) is 2.19. The Morgan fingerprint density at radius 2 is 2.00 bits per heavy atom. The molecule has 0 fully saturated rings. The van der Waals surface area contributed by atoms with Crippen molar-refractivity contribution in [3.8, 4) is 0 Å². The Balaban J connectivity index is 0.00000364. The minimum atomic E-state index is -4.35. The first-order valence-corrected chi connectivity index (χ1v) is 9.30. The molecule has 0 spiro atoms. The van der Waals surface area contributed by atoms with Gasteiger partial charge in [-0.15, -0.1) is 35.3 Å². The van der Waals surface area contributed by atoms with Gasteiger partial charge in [0, 0.05) is 11.9 Å². The van der Waals surface area contributed by atoms with Crippen LogP contribution in [0.2, 0.25) is 0 Å². The molecule has 1 heterocycles. The van der Waals surface area contributed by atoms with E-state index in [0.717, 1.165) is 22.8 Å². The van der Waals surface area contributed by atoms with Crippen molar-refractivity contribution in [2.24, 2.45) is 4.99 Å². The largest absolute Gasteiger partial charge is 0.416 e. The fourth-order valence-corrected chi connectivity index (χ4v) is 3.08. The first-order valence-electron chi connectivity index (χ1n) is 8.42. The van der Waals surface area contributed by atoms with Crippen LogP contribution >= 0.6 is 35.3 Å². The predicted molar refractivity (Wildman–Crippen MR) is 115 cm³/mol. The standard InChI is InChI=1S/C18H23F3N4S.HI/c1-4-22-17(24-10-16-25-15(11-26-16)12(2)3)23-9-13-6-5-7-14(8-13)18(19,20)21;/h5-8,11-12H,4,9-10H2,1-3H3,(H2,22,23,24);1H. The van der Waals surface area contributed by atoms with Crippen molar-refractivity contribution in [2.75, 3.05) is 6.54 Å². The number of guanidine groups is 1. The van der Waals surface area contributed by atoms with Gasteiger partial charge < -0.3 is 10.6 Å². The molecule has 2 rings (SSSR count). The summed E-state index contributed by atoms with van der Waals surface area (Å²) in [6, 6.07) is 5.23. The van der Waals surface area contributed by atoms with Crippen molar-refractivity contribution < 1.29 is 13.2 Å². The average Bonchev–Trinajstić information content (AvgIpc) is 3.06. The van der Waals surface area contributed by atoms with Crippen LogP contribution in [-0.4, -0.2) is 17.5 Å². The summed E-state index contributed by atoms with van der Waals surface area (Å²) >= 11 is 1.58. The third-order valence-electron chi connectivity index (χ3n) is 3.59. The Morgan fingerprint density at radius 1 is 1.26 bits per heavy atom. The van der Waals surface area contributed by atoms with Gasteiger partial charge in [-0.2, -0.15) is 13.2 Å². The predicted octanol–water partition coefficient (Wildman–Crippen LogP) is 5.16. The molecule has 0 amide bonds. The van der Waals surface area contributed by atoms with Crippen LogP contribution in [0, 0.1) is 0 Å². The summed E-state index contributed by atoms with van der Waals surface area (Å²) < 4.78 is 38.4. The molecule has 0 atom stereocenters. The monoisotopic (exact) mass is 512 g/mol. The van der Waals surface area contributed by atoms with Crippen LogP contribution in [0.15, 0.2) is 34.6 Å². The number of aliphatic imine (C=N–C) groups is 1. The maximum Gasteiger partial charge on any atom is 0.416 e. The Bertz CT molecular complexity index is 744. The highest BCUT2D eigenvalue weighted by atomic mass is 127. The zero-order chi connectivity index (χ0) is 19.2. The number of aromatic nitrogens is 1. The first kappa shape index (κ1) is 23.7. The lowest BCUT2D eigenvalue weighted by Gasteiger charge is -2.11. The molecule has 0 bridgehead atoms. The second-order valence-electron chi connectivity index (χ2n) is 6.07. The number of rotatable bonds is 6. The van der Waals surface area contributed by atoms with Gasteiger partial charge in [0.15, 0.2) is 5.96 Å². The lowest BCUT2D eigenvalue weighted by Crippen LogP contribution is -2.36. The minimum absolute atomic E-state index is 0. The number of halogens is 4. The zero-order valence-corrected chi connectivity index (χ0v) is 18.6. The summed E-state index contributed by atoms with van der Waals surface area (Å²) in [5.74, 6) is 0.925. The van der Waals surface area contributed by atoms with Crippen molar-refractivity contribution in [1.29, 1.82) is 0 Å². The average molecular weight is 512 g/mol. The quantitative estimate of drug-likeness (QED) is 0.320. The van der Waals surface area contributed by atoms with Gasteiger partial charge in [-0.05, 0) is 30.5 Å². The molecule has 0 unspecified atom stereocenters. The number of benzene rings is 1. The fraction of sp³-hybridized carbons (Fsp3) is 0.444. The van der Waals surface area contributed by atoms with Crippen molar-refractivity contribution in [3.63, 3.8) is 0 Å². The molecular formula is C18H24F3IN4S. The van der Waals surface area contributed by atoms with Crippen LogP contribution in [-0.2, 0) is 19.3 Å². The number of hydrogen-bond donors (Lipinski definition) is 2. The normalized spacial score (nSPS) is 12.0. The highest BCUT2D eigenvalue weighted by Gasteiger charge is 2.30. The number of alkyl halides is 3. The second kappa shape index (κ2) is 10.8. The Kier molecular flexibility index (Phi) is 9.51. The summed E-state index contributed by atoms with van der Waals surface area (Å²) in [6.45, 7) is 7.45. The Labute approximate surface area is 178 Å². The van der Waals surface area contributed by atoms with Gasteiger partial charge in [-0.3, -0.25) is 0 Å². The maximum atomic E-state index is 12.8. The van der Waals surface area contributed by atoms with E-state index in [1.165, 1.54) is 6.07 Å². The van der Waals surface area contributed by atoms with Gasteiger partial charge in [0.05, 0.1) is 24.3 Å². The lowest BCUT2D eigenvalue weighted by atomic mass is 10.1. The van der Waals surface area contributed by atoms with Crippen LogP contribution < -0.4 is 10.6 Å². The SMILES string of the molecule is CCNC(=NCc1cccc(C(F)(F)F)c1)NCc1nc(C(C)C)cs1.I. The van der Waals surface area contributed by atoms with Gasteiger partial charge in [-0.25, -0.2) is 9.98 Å². The van der Waals surface area contributed by atoms with E-state index in [4.69, 9.17) is 0 Å². The van der Waals surface area contributed by atoms with Gasteiger partial charge >= 0.3 is 6.18 Å². The van der Waals surface area contributed by atoms with E-state index in [0.29, 0.717) is 30.5 Å². The third kappa shape index (κ3) is 7.65. The molecule has 1 aromatic carbocycles. The number of thiazole rings is 1. The van der Waals surface area contributed by atoms with Gasteiger partial charge in [0.1, 0.15) is 5.01 Å².